The van der Waals surface area contributed by atoms with Gasteiger partial charge in [-0.2, -0.15) is 0 Å². The van der Waals surface area contributed by atoms with Gasteiger partial charge in [0, 0.05) is 6.07 Å². The molecule has 0 radical (unpaired) electrons. The number of ether oxygens (including phenoxy) is 1. The Hall–Kier alpha value is -1.58. The lowest BCUT2D eigenvalue weighted by Crippen LogP contribution is -2.24. The van der Waals surface area contributed by atoms with Crippen LogP contribution in [-0.4, -0.2) is 16.5 Å². The van der Waals surface area contributed by atoms with Crippen LogP contribution in [0.5, 0.6) is 5.88 Å². The number of nitrogens with two attached hydrogens (primary N) is 1. The highest BCUT2D eigenvalue weighted by molar-refractivity contribution is 5.90. The van der Waals surface area contributed by atoms with Crippen LogP contribution in [0.15, 0.2) is 18.2 Å². The monoisotopic (exact) mass is 194 g/mol. The van der Waals surface area contributed by atoms with Gasteiger partial charge in [0.25, 0.3) is 5.91 Å². The Balaban J connectivity index is 2.89. The molecule has 0 unspecified atom stereocenters. The van der Waals surface area contributed by atoms with Gasteiger partial charge in [-0.3, -0.25) is 4.79 Å². The predicted octanol–water partition coefficient (Wildman–Crippen LogP) is 1.36. The molecule has 0 fully saturated rings. The number of rotatable bonds is 2. The minimum absolute atomic E-state index is 0.215. The highest BCUT2D eigenvalue weighted by Crippen LogP contribution is 2.15. The number of hydrogen-bond donors (Lipinski definition) is 1. The summed E-state index contributed by atoms with van der Waals surface area (Å²) in [5.41, 5.74) is 4.97. The number of carbonyl (C=O) groups is 1. The molecule has 0 aliphatic carbocycles. The zero-order valence-electron chi connectivity index (χ0n) is 8.57. The Labute approximate surface area is 83.1 Å². The maximum Gasteiger partial charge on any atom is 0.267 e. The molecule has 1 aromatic rings. The Morgan fingerprint density at radius 1 is 1.43 bits per heavy atom. The molecule has 1 amide bonds. The Morgan fingerprint density at radius 2 is 2.07 bits per heavy atom. The summed E-state index contributed by atoms with van der Waals surface area (Å²) in [7, 11) is 0. The van der Waals surface area contributed by atoms with Gasteiger partial charge >= 0.3 is 0 Å². The number of aromatic nitrogens is 1. The fraction of sp³-hybridized carbons (Fsp3) is 0.400. The normalized spacial score (nSPS) is 11.1. The Bertz CT molecular complexity index is 342. The van der Waals surface area contributed by atoms with Gasteiger partial charge in [-0.1, -0.05) is 6.07 Å². The van der Waals surface area contributed by atoms with Crippen LogP contribution in [0.25, 0.3) is 0 Å². The quantitative estimate of drug-likeness (QED) is 0.773. The van der Waals surface area contributed by atoms with Crippen LogP contribution in [0.1, 0.15) is 31.3 Å². The first-order chi connectivity index (χ1) is 6.38. The summed E-state index contributed by atoms with van der Waals surface area (Å²) in [5, 5.41) is 0. The van der Waals surface area contributed by atoms with Crippen molar-refractivity contribution in [2.75, 3.05) is 0 Å². The van der Waals surface area contributed by atoms with Crippen LogP contribution in [0.4, 0.5) is 0 Å². The van der Waals surface area contributed by atoms with E-state index in [0.29, 0.717) is 5.88 Å². The second-order valence-corrected chi connectivity index (χ2v) is 3.94. The summed E-state index contributed by atoms with van der Waals surface area (Å²) in [6, 6.07) is 4.93. The van der Waals surface area contributed by atoms with Gasteiger partial charge in [0.1, 0.15) is 11.3 Å². The van der Waals surface area contributed by atoms with Crippen molar-refractivity contribution in [3.8, 4) is 5.88 Å². The molecule has 0 aromatic carbocycles. The van der Waals surface area contributed by atoms with Crippen LogP contribution < -0.4 is 10.5 Å². The fourth-order valence-corrected chi connectivity index (χ4v) is 0.923. The van der Waals surface area contributed by atoms with Crippen molar-refractivity contribution in [3.05, 3.63) is 23.9 Å². The second kappa shape index (κ2) is 3.65. The lowest BCUT2D eigenvalue weighted by atomic mass is 10.2. The number of carbonyl (C=O) groups excluding carboxylic acids is 1. The molecule has 0 aliphatic heterocycles. The van der Waals surface area contributed by atoms with E-state index in [1.54, 1.807) is 18.2 Å². The third-order valence-electron chi connectivity index (χ3n) is 1.39. The van der Waals surface area contributed by atoms with Gasteiger partial charge in [-0.25, -0.2) is 4.98 Å². The molecule has 14 heavy (non-hydrogen) atoms. The van der Waals surface area contributed by atoms with Gasteiger partial charge in [0.2, 0.25) is 5.88 Å². The average molecular weight is 194 g/mol. The van der Waals surface area contributed by atoms with E-state index in [9.17, 15) is 4.79 Å². The smallest absolute Gasteiger partial charge is 0.267 e. The second-order valence-electron chi connectivity index (χ2n) is 3.94. The Kier molecular flexibility index (Phi) is 2.74. The number of nitrogens with zero attached hydrogens (tertiary/aromatic N) is 1. The van der Waals surface area contributed by atoms with Crippen LogP contribution in [0.3, 0.4) is 0 Å². The predicted molar refractivity (Wildman–Crippen MR) is 53.1 cm³/mol. The molecule has 0 saturated heterocycles. The van der Waals surface area contributed by atoms with Gasteiger partial charge in [0.15, 0.2) is 0 Å². The van der Waals surface area contributed by atoms with Crippen molar-refractivity contribution in [2.45, 2.75) is 26.4 Å². The zero-order valence-corrected chi connectivity index (χ0v) is 8.57. The van der Waals surface area contributed by atoms with Crippen LogP contribution >= 0.6 is 0 Å². The van der Waals surface area contributed by atoms with Crippen LogP contribution in [-0.2, 0) is 0 Å². The number of amides is 1. The van der Waals surface area contributed by atoms with Crippen LogP contribution in [0.2, 0.25) is 0 Å². The van der Waals surface area contributed by atoms with Gasteiger partial charge in [-0.05, 0) is 26.8 Å². The van der Waals surface area contributed by atoms with E-state index in [1.807, 2.05) is 20.8 Å². The van der Waals surface area contributed by atoms with Gasteiger partial charge in [0.05, 0.1) is 0 Å². The molecule has 0 aliphatic rings. The average Bonchev–Trinajstić information content (AvgIpc) is 2.01. The molecular weight excluding hydrogens is 180 g/mol. The summed E-state index contributed by atoms with van der Waals surface area (Å²) in [6.07, 6.45) is 0. The molecule has 76 valence electrons. The van der Waals surface area contributed by atoms with Crippen molar-refractivity contribution >= 4 is 5.91 Å². The van der Waals surface area contributed by atoms with E-state index < -0.39 is 5.91 Å². The molecule has 0 atom stereocenters. The first-order valence-electron chi connectivity index (χ1n) is 4.34. The lowest BCUT2D eigenvalue weighted by Gasteiger charge is -2.20. The highest BCUT2D eigenvalue weighted by atomic mass is 16.5. The zero-order chi connectivity index (χ0) is 10.8. The standard InChI is InChI=1S/C10H14N2O2/c1-10(2,3)14-8-6-4-5-7(12-8)9(11)13/h4-6H,1-3H3,(H2,11,13). The van der Waals surface area contributed by atoms with Crippen molar-refractivity contribution < 1.29 is 9.53 Å². The summed E-state index contributed by atoms with van der Waals surface area (Å²) in [6.45, 7) is 5.73. The summed E-state index contributed by atoms with van der Waals surface area (Å²) in [5.74, 6) is -0.141. The fourth-order valence-electron chi connectivity index (χ4n) is 0.923. The van der Waals surface area contributed by atoms with E-state index in [2.05, 4.69) is 4.98 Å². The molecular formula is C10H14N2O2. The molecule has 1 rings (SSSR count). The molecule has 4 nitrogen and oxygen atoms in total. The molecule has 0 saturated carbocycles. The molecule has 2 N–H and O–H groups in total. The third-order valence-corrected chi connectivity index (χ3v) is 1.39. The van der Waals surface area contributed by atoms with Crippen molar-refractivity contribution in [1.29, 1.82) is 0 Å². The first kappa shape index (κ1) is 10.5. The third kappa shape index (κ3) is 3.05. The molecule has 0 spiro atoms. The molecule has 4 heteroatoms. The van der Waals surface area contributed by atoms with E-state index in [4.69, 9.17) is 10.5 Å². The van der Waals surface area contributed by atoms with E-state index >= 15 is 0 Å². The van der Waals surface area contributed by atoms with Crippen molar-refractivity contribution in [2.24, 2.45) is 5.73 Å². The minimum Gasteiger partial charge on any atom is -0.472 e. The van der Waals surface area contributed by atoms with Crippen molar-refractivity contribution in [3.63, 3.8) is 0 Å². The van der Waals surface area contributed by atoms with Gasteiger partial charge in [-0.15, -0.1) is 0 Å². The minimum atomic E-state index is -0.552. The summed E-state index contributed by atoms with van der Waals surface area (Å²) >= 11 is 0. The molecule has 0 bridgehead atoms. The number of pyridine rings is 1. The SMILES string of the molecule is CC(C)(C)Oc1cccc(C(N)=O)n1. The summed E-state index contributed by atoms with van der Waals surface area (Å²) < 4.78 is 5.47. The van der Waals surface area contributed by atoms with E-state index in [1.165, 1.54) is 0 Å². The Morgan fingerprint density at radius 3 is 2.57 bits per heavy atom. The lowest BCUT2D eigenvalue weighted by molar-refractivity contribution is 0.0985. The van der Waals surface area contributed by atoms with E-state index in [-0.39, 0.29) is 11.3 Å². The molecule has 1 heterocycles. The maximum absolute atomic E-state index is 10.8. The molecule has 1 aromatic heterocycles. The van der Waals surface area contributed by atoms with E-state index in [0.717, 1.165) is 0 Å². The van der Waals surface area contributed by atoms with Crippen LogP contribution in [0, 0.1) is 0 Å². The van der Waals surface area contributed by atoms with Gasteiger partial charge < -0.3 is 10.5 Å². The van der Waals surface area contributed by atoms with Crippen molar-refractivity contribution in [1.82, 2.24) is 4.98 Å². The first-order valence-corrected chi connectivity index (χ1v) is 4.34. The highest BCUT2D eigenvalue weighted by Gasteiger charge is 2.13. The number of primary amides is 1. The largest absolute Gasteiger partial charge is 0.472 e. The number of hydrogen-bond acceptors (Lipinski definition) is 3. The topological polar surface area (TPSA) is 65.2 Å². The maximum atomic E-state index is 10.8. The summed E-state index contributed by atoms with van der Waals surface area (Å²) in [4.78, 5) is 14.8.